The molecule has 3 rings (SSSR count). The summed E-state index contributed by atoms with van der Waals surface area (Å²) in [5.74, 6) is 0. The molecule has 1 aromatic heterocycles. The molecule has 1 N–H and O–H groups in total. The zero-order valence-electron chi connectivity index (χ0n) is 12.8. The second-order valence-corrected chi connectivity index (χ2v) is 6.61. The van der Waals surface area contributed by atoms with E-state index in [4.69, 9.17) is 4.98 Å². The first-order chi connectivity index (χ1) is 10.3. The lowest BCUT2D eigenvalue weighted by molar-refractivity contribution is 0.464. The maximum Gasteiger partial charge on any atom is 0.190 e. The van der Waals surface area contributed by atoms with E-state index in [1.165, 1.54) is 35.5 Å². The van der Waals surface area contributed by atoms with E-state index in [9.17, 15) is 0 Å². The number of aromatic nitrogens is 1. The monoisotopic (exact) mass is 301 g/mol. The summed E-state index contributed by atoms with van der Waals surface area (Å²) in [6, 6.07) is 11.0. The number of rotatable bonds is 5. The van der Waals surface area contributed by atoms with Gasteiger partial charge in [-0.15, -0.1) is 0 Å². The highest BCUT2D eigenvalue weighted by molar-refractivity contribution is 7.15. The summed E-state index contributed by atoms with van der Waals surface area (Å²) in [4.78, 5) is 8.54. The first-order valence-electron chi connectivity index (χ1n) is 7.81. The highest BCUT2D eigenvalue weighted by Gasteiger charge is 2.25. The van der Waals surface area contributed by atoms with Crippen LogP contribution < -0.4 is 10.2 Å². The molecule has 0 saturated heterocycles. The molecule has 1 aliphatic carbocycles. The highest BCUT2D eigenvalue weighted by atomic mass is 32.1. The number of anilines is 2. The minimum Gasteiger partial charge on any atom is -0.321 e. The number of thiazole rings is 1. The maximum absolute atomic E-state index is 4.89. The van der Waals surface area contributed by atoms with Crippen molar-refractivity contribution < 1.29 is 0 Å². The maximum atomic E-state index is 4.89. The third-order valence-corrected chi connectivity index (χ3v) is 5.30. The van der Waals surface area contributed by atoms with Crippen molar-refractivity contribution in [3.8, 4) is 0 Å². The van der Waals surface area contributed by atoms with Gasteiger partial charge in [0.05, 0.1) is 5.69 Å². The summed E-state index contributed by atoms with van der Waals surface area (Å²) >= 11 is 1.85. The number of hydrogen-bond acceptors (Lipinski definition) is 4. The van der Waals surface area contributed by atoms with E-state index in [0.29, 0.717) is 6.04 Å². The molecule has 1 aliphatic rings. The van der Waals surface area contributed by atoms with E-state index >= 15 is 0 Å². The van der Waals surface area contributed by atoms with E-state index < -0.39 is 0 Å². The van der Waals surface area contributed by atoms with Crippen LogP contribution in [0.5, 0.6) is 0 Å². The van der Waals surface area contributed by atoms with Crippen molar-refractivity contribution in [3.05, 3.63) is 40.9 Å². The minimum atomic E-state index is 0.504. The molecular formula is C17H23N3S. The molecule has 1 aromatic carbocycles. The second-order valence-electron chi connectivity index (χ2n) is 5.60. The summed E-state index contributed by atoms with van der Waals surface area (Å²) in [6.07, 6.45) is 4.79. The van der Waals surface area contributed by atoms with Crippen LogP contribution in [0.25, 0.3) is 0 Å². The molecule has 0 bridgehead atoms. The van der Waals surface area contributed by atoms with Gasteiger partial charge in [-0.2, -0.15) is 0 Å². The quantitative estimate of drug-likeness (QED) is 0.893. The number of benzene rings is 1. The van der Waals surface area contributed by atoms with Gasteiger partial charge in [-0.25, -0.2) is 4.98 Å². The Labute approximate surface area is 131 Å². The van der Waals surface area contributed by atoms with Crippen LogP contribution in [-0.4, -0.2) is 18.6 Å². The largest absolute Gasteiger partial charge is 0.321 e. The molecule has 1 atom stereocenters. The van der Waals surface area contributed by atoms with Crippen molar-refractivity contribution >= 4 is 22.2 Å². The Balaban J connectivity index is 1.84. The van der Waals surface area contributed by atoms with Gasteiger partial charge in [-0.05, 0) is 44.4 Å². The van der Waals surface area contributed by atoms with Gasteiger partial charge in [-0.1, -0.05) is 36.5 Å². The Bertz CT molecular complexity index is 579. The minimum absolute atomic E-state index is 0.504. The summed E-state index contributed by atoms with van der Waals surface area (Å²) in [5.41, 5.74) is 2.50. The number of fused-ring (bicyclic) bond motifs is 1. The molecule has 0 aliphatic heterocycles. The first kappa shape index (κ1) is 14.5. The van der Waals surface area contributed by atoms with Gasteiger partial charge >= 0.3 is 0 Å². The normalized spacial score (nSPS) is 17.5. The van der Waals surface area contributed by atoms with Crippen LogP contribution in [0.4, 0.5) is 10.8 Å². The number of nitrogens with zero attached hydrogens (tertiary/aromatic N) is 2. The number of para-hydroxylation sites is 1. The van der Waals surface area contributed by atoms with Gasteiger partial charge in [0, 0.05) is 23.7 Å². The fourth-order valence-electron chi connectivity index (χ4n) is 2.83. The van der Waals surface area contributed by atoms with E-state index in [0.717, 1.165) is 18.1 Å². The molecule has 2 aromatic rings. The van der Waals surface area contributed by atoms with Crippen molar-refractivity contribution in [2.45, 2.75) is 38.6 Å². The van der Waals surface area contributed by atoms with Gasteiger partial charge in [0.25, 0.3) is 0 Å². The van der Waals surface area contributed by atoms with Crippen LogP contribution in [0, 0.1) is 0 Å². The van der Waals surface area contributed by atoms with Gasteiger partial charge in [-0.3, -0.25) is 0 Å². The van der Waals surface area contributed by atoms with Crippen LogP contribution in [0.2, 0.25) is 0 Å². The summed E-state index contributed by atoms with van der Waals surface area (Å²) in [7, 11) is 2.11. The fraction of sp³-hybridized carbons (Fsp3) is 0.471. The molecule has 1 unspecified atom stereocenters. The first-order valence-corrected chi connectivity index (χ1v) is 8.63. The number of aryl methyl sites for hydroxylation is 1. The van der Waals surface area contributed by atoms with Crippen molar-refractivity contribution in [2.75, 3.05) is 18.5 Å². The van der Waals surface area contributed by atoms with Gasteiger partial charge in [0.1, 0.15) is 0 Å². The van der Waals surface area contributed by atoms with Crippen LogP contribution >= 0.6 is 11.3 Å². The Morgan fingerprint density at radius 2 is 2.14 bits per heavy atom. The highest BCUT2D eigenvalue weighted by Crippen LogP contribution is 2.38. The third-order valence-electron chi connectivity index (χ3n) is 4.01. The van der Waals surface area contributed by atoms with E-state index in [2.05, 4.69) is 54.5 Å². The Hall–Kier alpha value is -1.39. The number of nitrogens with one attached hydrogen (secondary N) is 1. The SMILES string of the molecule is CCCNC1CCCc2nc(N(C)c3ccccc3)sc21. The fourth-order valence-corrected chi connectivity index (χ4v) is 4.03. The molecule has 0 amide bonds. The molecule has 0 saturated carbocycles. The van der Waals surface area contributed by atoms with Crippen molar-refractivity contribution in [1.82, 2.24) is 10.3 Å². The molecule has 0 radical (unpaired) electrons. The van der Waals surface area contributed by atoms with Crippen LogP contribution in [-0.2, 0) is 6.42 Å². The topological polar surface area (TPSA) is 28.2 Å². The van der Waals surface area contributed by atoms with Gasteiger partial charge < -0.3 is 10.2 Å². The summed E-state index contributed by atoms with van der Waals surface area (Å²) in [5, 5.41) is 4.78. The Morgan fingerprint density at radius 3 is 2.90 bits per heavy atom. The lowest BCUT2D eigenvalue weighted by Crippen LogP contribution is -2.24. The molecule has 0 spiro atoms. The average molecular weight is 301 g/mol. The van der Waals surface area contributed by atoms with E-state index in [1.807, 2.05) is 11.3 Å². The van der Waals surface area contributed by atoms with Gasteiger partial charge in [0.15, 0.2) is 5.13 Å². The summed E-state index contributed by atoms with van der Waals surface area (Å²) < 4.78 is 0. The van der Waals surface area contributed by atoms with Gasteiger partial charge in [0.2, 0.25) is 0 Å². The molecule has 21 heavy (non-hydrogen) atoms. The number of hydrogen-bond donors (Lipinski definition) is 1. The van der Waals surface area contributed by atoms with Crippen LogP contribution in [0.3, 0.4) is 0 Å². The molecule has 4 heteroatoms. The molecule has 112 valence electrons. The zero-order chi connectivity index (χ0) is 14.7. The molecular weight excluding hydrogens is 278 g/mol. The predicted molar refractivity (Wildman–Crippen MR) is 90.6 cm³/mol. The van der Waals surface area contributed by atoms with Crippen molar-refractivity contribution in [3.63, 3.8) is 0 Å². The molecule has 0 fully saturated rings. The average Bonchev–Trinajstić information content (AvgIpc) is 2.97. The zero-order valence-corrected chi connectivity index (χ0v) is 13.6. The van der Waals surface area contributed by atoms with Crippen molar-refractivity contribution in [1.29, 1.82) is 0 Å². The van der Waals surface area contributed by atoms with E-state index in [1.54, 1.807) is 0 Å². The predicted octanol–water partition coefficient (Wildman–Crippen LogP) is 4.29. The Morgan fingerprint density at radius 1 is 1.33 bits per heavy atom. The second kappa shape index (κ2) is 6.58. The van der Waals surface area contributed by atoms with E-state index in [-0.39, 0.29) is 0 Å². The third kappa shape index (κ3) is 3.11. The lowest BCUT2D eigenvalue weighted by Gasteiger charge is -2.22. The molecule has 1 heterocycles. The lowest BCUT2D eigenvalue weighted by atomic mass is 9.98. The van der Waals surface area contributed by atoms with Crippen LogP contribution in [0.1, 0.15) is 42.8 Å². The standard InChI is InChI=1S/C17H23N3S/c1-3-12-18-14-10-7-11-15-16(14)21-17(19-15)20(2)13-8-5-4-6-9-13/h4-6,8-9,14,18H,3,7,10-12H2,1-2H3. The Kier molecular flexibility index (Phi) is 4.56. The summed E-state index contributed by atoms with van der Waals surface area (Å²) in [6.45, 7) is 3.31. The van der Waals surface area contributed by atoms with Crippen LogP contribution in [0.15, 0.2) is 30.3 Å². The molecule has 3 nitrogen and oxygen atoms in total. The van der Waals surface area contributed by atoms with Crippen molar-refractivity contribution in [2.24, 2.45) is 0 Å². The smallest absolute Gasteiger partial charge is 0.190 e.